The van der Waals surface area contributed by atoms with Gasteiger partial charge in [0.05, 0.1) is 12.5 Å². The lowest BCUT2D eigenvalue weighted by Gasteiger charge is -2.09. The maximum Gasteiger partial charge on any atom is 0.342 e. The summed E-state index contributed by atoms with van der Waals surface area (Å²) in [5.74, 6) is 0.00487. The number of benzene rings is 2. The van der Waals surface area contributed by atoms with Crippen molar-refractivity contribution in [1.29, 1.82) is 0 Å². The Morgan fingerprint density at radius 1 is 1.41 bits per heavy atom. The Morgan fingerprint density at radius 3 is 3.00 bits per heavy atom. The molecule has 0 unspecified atom stereocenters. The molecule has 0 saturated carbocycles. The lowest BCUT2D eigenvalue weighted by molar-refractivity contribution is 0.0533. The molecule has 0 atom stereocenters. The van der Waals surface area contributed by atoms with Gasteiger partial charge in [-0.3, -0.25) is 0 Å². The van der Waals surface area contributed by atoms with Gasteiger partial charge < -0.3 is 14.6 Å². The standard InChI is InChI=1S/C13H10O4/c1-16-9-4-2-3-7-5-8-6-17-13(15)11(8)12(14)10(7)9/h2-5,14H,6H2,1H3. The van der Waals surface area contributed by atoms with E-state index < -0.39 is 5.97 Å². The third-order valence-electron chi connectivity index (χ3n) is 2.97. The number of ether oxygens (including phenoxy) is 2. The van der Waals surface area contributed by atoms with Gasteiger partial charge in [0.15, 0.2) is 0 Å². The number of cyclic esters (lactones) is 1. The fraction of sp³-hybridized carbons (Fsp3) is 0.154. The second-order valence-electron chi connectivity index (χ2n) is 3.89. The smallest absolute Gasteiger partial charge is 0.342 e. The van der Waals surface area contributed by atoms with Crippen LogP contribution in [0, 0.1) is 0 Å². The number of fused-ring (bicyclic) bond motifs is 2. The van der Waals surface area contributed by atoms with Crippen LogP contribution in [0.5, 0.6) is 11.5 Å². The predicted molar refractivity (Wildman–Crippen MR) is 61.3 cm³/mol. The molecule has 4 nitrogen and oxygen atoms in total. The first-order valence-electron chi connectivity index (χ1n) is 5.21. The van der Waals surface area contributed by atoms with Gasteiger partial charge in [0, 0.05) is 5.56 Å². The Bertz CT molecular complexity index is 631. The number of phenolic OH excluding ortho intramolecular Hbond substituents is 1. The van der Waals surface area contributed by atoms with Gasteiger partial charge in [-0.05, 0) is 17.5 Å². The first-order valence-corrected chi connectivity index (χ1v) is 5.21. The fourth-order valence-electron chi connectivity index (χ4n) is 2.19. The molecular formula is C13H10O4. The Kier molecular flexibility index (Phi) is 1.98. The van der Waals surface area contributed by atoms with Crippen molar-refractivity contribution in [3.63, 3.8) is 0 Å². The van der Waals surface area contributed by atoms with Crippen LogP contribution >= 0.6 is 0 Å². The van der Waals surface area contributed by atoms with Gasteiger partial charge in [-0.15, -0.1) is 0 Å². The van der Waals surface area contributed by atoms with E-state index in [1.54, 1.807) is 6.07 Å². The number of esters is 1. The molecule has 0 saturated heterocycles. The molecule has 0 bridgehead atoms. The summed E-state index contributed by atoms with van der Waals surface area (Å²) in [7, 11) is 1.53. The highest BCUT2D eigenvalue weighted by Crippen LogP contribution is 2.40. The van der Waals surface area contributed by atoms with Crippen molar-refractivity contribution >= 4 is 16.7 Å². The second-order valence-corrected chi connectivity index (χ2v) is 3.89. The fourth-order valence-corrected chi connectivity index (χ4v) is 2.19. The van der Waals surface area contributed by atoms with E-state index in [1.165, 1.54) is 7.11 Å². The Labute approximate surface area is 97.4 Å². The molecule has 0 fully saturated rings. The molecule has 1 heterocycles. The molecule has 0 radical (unpaired) electrons. The average Bonchev–Trinajstić information content (AvgIpc) is 2.70. The van der Waals surface area contributed by atoms with Crippen LogP contribution in [0.15, 0.2) is 24.3 Å². The maximum atomic E-state index is 11.5. The molecule has 1 N–H and O–H groups in total. The molecule has 2 aromatic carbocycles. The lowest BCUT2D eigenvalue weighted by Crippen LogP contribution is -1.95. The van der Waals surface area contributed by atoms with Gasteiger partial charge in [0.25, 0.3) is 0 Å². The highest BCUT2D eigenvalue weighted by Gasteiger charge is 2.27. The Hall–Kier alpha value is -2.23. The molecule has 17 heavy (non-hydrogen) atoms. The summed E-state index contributed by atoms with van der Waals surface area (Å²) < 4.78 is 10.1. The van der Waals surface area contributed by atoms with Gasteiger partial charge in [0.2, 0.25) is 0 Å². The highest BCUT2D eigenvalue weighted by molar-refractivity contribution is 6.06. The van der Waals surface area contributed by atoms with Crippen molar-refractivity contribution in [2.75, 3.05) is 7.11 Å². The second kappa shape index (κ2) is 3.38. The third kappa shape index (κ3) is 1.27. The van der Waals surface area contributed by atoms with E-state index in [2.05, 4.69) is 0 Å². The molecule has 1 aliphatic rings. The Balaban J connectivity index is 2.45. The average molecular weight is 230 g/mol. The van der Waals surface area contributed by atoms with E-state index in [1.807, 2.05) is 18.2 Å². The number of methoxy groups -OCH3 is 1. The number of carbonyl (C=O) groups is 1. The number of hydrogen-bond donors (Lipinski definition) is 1. The van der Waals surface area contributed by atoms with Gasteiger partial charge in [0.1, 0.15) is 23.7 Å². The van der Waals surface area contributed by atoms with Crippen LogP contribution in [0.3, 0.4) is 0 Å². The van der Waals surface area contributed by atoms with Crippen LogP contribution < -0.4 is 4.74 Å². The van der Waals surface area contributed by atoms with Crippen molar-refractivity contribution in [1.82, 2.24) is 0 Å². The molecule has 0 aromatic heterocycles. The molecule has 2 aromatic rings. The quantitative estimate of drug-likeness (QED) is 0.763. The summed E-state index contributed by atoms with van der Waals surface area (Å²) in [6, 6.07) is 7.29. The van der Waals surface area contributed by atoms with Gasteiger partial charge >= 0.3 is 5.97 Å². The van der Waals surface area contributed by atoms with Crippen LogP contribution in [0.4, 0.5) is 0 Å². The number of phenols is 1. The van der Waals surface area contributed by atoms with Gasteiger partial charge in [-0.25, -0.2) is 4.79 Å². The number of rotatable bonds is 1. The summed E-state index contributed by atoms with van der Waals surface area (Å²) >= 11 is 0. The number of carbonyl (C=O) groups excluding carboxylic acids is 1. The summed E-state index contributed by atoms with van der Waals surface area (Å²) in [6.45, 7) is 0.217. The minimum absolute atomic E-state index is 0.0579. The van der Waals surface area contributed by atoms with Crippen molar-refractivity contribution in [3.8, 4) is 11.5 Å². The van der Waals surface area contributed by atoms with Crippen molar-refractivity contribution in [2.45, 2.75) is 6.61 Å². The normalized spacial score (nSPS) is 13.6. The van der Waals surface area contributed by atoms with Crippen LogP contribution in [0.25, 0.3) is 10.8 Å². The molecule has 86 valence electrons. The molecule has 1 aliphatic heterocycles. The third-order valence-corrected chi connectivity index (χ3v) is 2.97. The molecule has 0 aliphatic carbocycles. The van der Waals surface area contributed by atoms with E-state index in [4.69, 9.17) is 9.47 Å². The zero-order chi connectivity index (χ0) is 12.0. The van der Waals surface area contributed by atoms with E-state index in [-0.39, 0.29) is 17.9 Å². The summed E-state index contributed by atoms with van der Waals surface area (Å²) in [5.41, 5.74) is 0.968. The Morgan fingerprint density at radius 2 is 2.24 bits per heavy atom. The van der Waals surface area contributed by atoms with E-state index in [9.17, 15) is 9.90 Å². The first-order chi connectivity index (χ1) is 8.22. The minimum atomic E-state index is -0.481. The topological polar surface area (TPSA) is 55.8 Å². The van der Waals surface area contributed by atoms with Crippen molar-refractivity contribution in [3.05, 3.63) is 35.4 Å². The van der Waals surface area contributed by atoms with Crippen molar-refractivity contribution in [2.24, 2.45) is 0 Å². The number of hydrogen-bond acceptors (Lipinski definition) is 4. The highest BCUT2D eigenvalue weighted by atomic mass is 16.5. The van der Waals surface area contributed by atoms with Crippen LogP contribution in [-0.2, 0) is 11.3 Å². The SMILES string of the molecule is COc1cccc2cc3c(c(O)c12)C(=O)OC3. The zero-order valence-corrected chi connectivity index (χ0v) is 9.19. The number of aromatic hydroxyl groups is 1. The zero-order valence-electron chi connectivity index (χ0n) is 9.19. The van der Waals surface area contributed by atoms with E-state index >= 15 is 0 Å². The monoisotopic (exact) mass is 230 g/mol. The molecular weight excluding hydrogens is 220 g/mol. The maximum absolute atomic E-state index is 11.5. The molecule has 4 heteroatoms. The summed E-state index contributed by atoms with van der Waals surface area (Å²) in [6.07, 6.45) is 0. The first kappa shape index (κ1) is 9.96. The van der Waals surface area contributed by atoms with Crippen LogP contribution in [0.2, 0.25) is 0 Å². The van der Waals surface area contributed by atoms with E-state index in [0.29, 0.717) is 16.7 Å². The molecule has 3 rings (SSSR count). The lowest BCUT2D eigenvalue weighted by atomic mass is 10.0. The summed E-state index contributed by atoms with van der Waals surface area (Å²) in [4.78, 5) is 11.5. The van der Waals surface area contributed by atoms with Gasteiger partial charge in [-0.1, -0.05) is 12.1 Å². The van der Waals surface area contributed by atoms with Gasteiger partial charge in [-0.2, -0.15) is 0 Å². The van der Waals surface area contributed by atoms with Crippen LogP contribution in [-0.4, -0.2) is 18.2 Å². The van der Waals surface area contributed by atoms with E-state index in [0.717, 1.165) is 5.39 Å². The van der Waals surface area contributed by atoms with Crippen molar-refractivity contribution < 1.29 is 19.4 Å². The summed E-state index contributed by atoms with van der Waals surface area (Å²) in [5, 5.41) is 11.6. The largest absolute Gasteiger partial charge is 0.506 e. The minimum Gasteiger partial charge on any atom is -0.506 e. The predicted octanol–water partition coefficient (Wildman–Crippen LogP) is 2.22. The molecule has 0 spiro atoms. The van der Waals surface area contributed by atoms with Crippen LogP contribution in [0.1, 0.15) is 15.9 Å². The molecule has 0 amide bonds.